The molecule has 1 N–H and O–H groups in total. The van der Waals surface area contributed by atoms with Crippen molar-refractivity contribution >= 4 is 43.5 Å². The number of para-hydroxylation sites is 1. The predicted octanol–water partition coefficient (Wildman–Crippen LogP) is 5.28. The number of hydrogen-bond donors (Lipinski definition) is 1. The maximum Gasteiger partial charge on any atom is 0.264 e. The number of nitrogens with zero attached hydrogens (tertiary/aromatic N) is 2. The fraction of sp³-hybridized carbons (Fsp3) is 0.310. The van der Waals surface area contributed by atoms with E-state index in [0.717, 1.165) is 20.8 Å². The minimum Gasteiger partial charge on any atom is -0.352 e. The molecular formula is C29H34BrN3O4S. The summed E-state index contributed by atoms with van der Waals surface area (Å²) < 4.78 is 29.6. The molecule has 0 unspecified atom stereocenters. The van der Waals surface area contributed by atoms with Crippen LogP contribution in [0.5, 0.6) is 0 Å². The zero-order chi connectivity index (χ0) is 27.9. The third-order valence-corrected chi connectivity index (χ3v) is 8.73. The summed E-state index contributed by atoms with van der Waals surface area (Å²) in [4.78, 5) is 28.5. The lowest BCUT2D eigenvalue weighted by Gasteiger charge is -2.33. The molecule has 0 aliphatic heterocycles. The first-order valence-corrected chi connectivity index (χ1v) is 14.8. The predicted molar refractivity (Wildman–Crippen MR) is 154 cm³/mol. The van der Waals surface area contributed by atoms with E-state index in [1.54, 1.807) is 50.2 Å². The van der Waals surface area contributed by atoms with Gasteiger partial charge >= 0.3 is 0 Å². The summed E-state index contributed by atoms with van der Waals surface area (Å²) >= 11 is 3.42. The standard InChI is InChI=1S/C29H34BrN3O4S/c1-5-22(3)31-29(35)23(4)32(19-24-15-17-25(30)18-16-24)28(34)20-33(27-14-10-9-11-21(27)2)38(36,37)26-12-7-6-8-13-26/h6-18,22-23H,5,19-20H2,1-4H3,(H,31,35)/t22-,23+/m1/s1. The Labute approximate surface area is 234 Å². The highest BCUT2D eigenvalue weighted by atomic mass is 79.9. The van der Waals surface area contributed by atoms with Gasteiger partial charge in [0.1, 0.15) is 12.6 Å². The van der Waals surface area contributed by atoms with Gasteiger partial charge in [-0.1, -0.05) is 71.4 Å². The van der Waals surface area contributed by atoms with E-state index in [2.05, 4.69) is 21.2 Å². The fourth-order valence-electron chi connectivity index (χ4n) is 3.91. The van der Waals surface area contributed by atoms with Gasteiger partial charge in [-0.05, 0) is 68.7 Å². The maximum atomic E-state index is 13.9. The Bertz CT molecular complexity index is 1350. The van der Waals surface area contributed by atoms with Gasteiger partial charge in [-0.2, -0.15) is 0 Å². The maximum absolute atomic E-state index is 13.9. The smallest absolute Gasteiger partial charge is 0.264 e. The van der Waals surface area contributed by atoms with Crippen molar-refractivity contribution < 1.29 is 18.0 Å². The molecule has 3 aromatic carbocycles. The number of aryl methyl sites for hydroxylation is 1. The second-order valence-corrected chi connectivity index (χ2v) is 12.0. The summed E-state index contributed by atoms with van der Waals surface area (Å²) in [5, 5.41) is 2.94. The third-order valence-electron chi connectivity index (χ3n) is 6.43. The quantitative estimate of drug-likeness (QED) is 0.324. The first-order chi connectivity index (χ1) is 18.0. The molecule has 202 valence electrons. The van der Waals surface area contributed by atoms with Crippen molar-refractivity contribution in [2.24, 2.45) is 0 Å². The number of hydrogen-bond acceptors (Lipinski definition) is 4. The number of benzene rings is 3. The van der Waals surface area contributed by atoms with Gasteiger partial charge in [0.05, 0.1) is 10.6 Å². The van der Waals surface area contributed by atoms with Crippen LogP contribution in [0.25, 0.3) is 0 Å². The second kappa shape index (κ2) is 13.1. The molecule has 0 aliphatic rings. The highest BCUT2D eigenvalue weighted by Gasteiger charge is 2.33. The van der Waals surface area contributed by atoms with Crippen molar-refractivity contribution in [1.82, 2.24) is 10.2 Å². The van der Waals surface area contributed by atoms with E-state index in [1.165, 1.54) is 17.0 Å². The molecule has 9 heteroatoms. The van der Waals surface area contributed by atoms with Crippen LogP contribution in [0.1, 0.15) is 38.3 Å². The van der Waals surface area contributed by atoms with Gasteiger partial charge in [0, 0.05) is 17.1 Å². The van der Waals surface area contributed by atoms with Gasteiger partial charge in [-0.25, -0.2) is 8.42 Å². The Hall–Kier alpha value is -3.17. The summed E-state index contributed by atoms with van der Waals surface area (Å²) in [7, 11) is -4.07. The first-order valence-electron chi connectivity index (χ1n) is 12.5. The minimum absolute atomic E-state index is 0.0588. The van der Waals surface area contributed by atoms with E-state index in [-0.39, 0.29) is 23.4 Å². The van der Waals surface area contributed by atoms with Gasteiger partial charge in [-0.15, -0.1) is 0 Å². The molecule has 3 aromatic rings. The zero-order valence-corrected chi connectivity index (χ0v) is 24.5. The highest BCUT2D eigenvalue weighted by Crippen LogP contribution is 2.27. The number of amides is 2. The van der Waals surface area contributed by atoms with E-state index in [4.69, 9.17) is 0 Å². The molecule has 7 nitrogen and oxygen atoms in total. The molecule has 3 rings (SSSR count). The lowest BCUT2D eigenvalue weighted by Crippen LogP contribution is -2.52. The van der Waals surface area contributed by atoms with Crippen LogP contribution in [-0.4, -0.2) is 43.8 Å². The van der Waals surface area contributed by atoms with Crippen LogP contribution < -0.4 is 9.62 Å². The van der Waals surface area contributed by atoms with Gasteiger partial charge in [-0.3, -0.25) is 13.9 Å². The van der Waals surface area contributed by atoms with E-state index in [0.29, 0.717) is 11.3 Å². The van der Waals surface area contributed by atoms with Crippen LogP contribution in [-0.2, 0) is 26.2 Å². The number of nitrogens with one attached hydrogen (secondary N) is 1. The Morgan fingerprint density at radius 1 is 0.921 bits per heavy atom. The van der Waals surface area contributed by atoms with Gasteiger partial charge in [0.2, 0.25) is 11.8 Å². The Kier molecular flexibility index (Phi) is 10.1. The summed E-state index contributed by atoms with van der Waals surface area (Å²) in [5.41, 5.74) is 1.94. The number of sulfonamides is 1. The van der Waals surface area contributed by atoms with Crippen molar-refractivity contribution in [3.63, 3.8) is 0 Å². The monoisotopic (exact) mass is 599 g/mol. The molecule has 0 saturated carbocycles. The number of carbonyl (C=O) groups excluding carboxylic acids is 2. The first kappa shape index (κ1) is 29.4. The molecule has 0 spiro atoms. The molecular weight excluding hydrogens is 566 g/mol. The van der Waals surface area contributed by atoms with Crippen LogP contribution >= 0.6 is 15.9 Å². The van der Waals surface area contributed by atoms with E-state index < -0.39 is 28.5 Å². The van der Waals surface area contributed by atoms with Gasteiger partial charge in [0.15, 0.2) is 0 Å². The van der Waals surface area contributed by atoms with Crippen LogP contribution in [0.2, 0.25) is 0 Å². The van der Waals surface area contributed by atoms with Crippen molar-refractivity contribution in [2.45, 2.75) is 57.6 Å². The summed E-state index contributed by atoms with van der Waals surface area (Å²) in [6, 6.07) is 21.6. The molecule has 0 fully saturated rings. The van der Waals surface area contributed by atoms with Crippen LogP contribution in [0.3, 0.4) is 0 Å². The van der Waals surface area contributed by atoms with Crippen molar-refractivity contribution in [1.29, 1.82) is 0 Å². The third kappa shape index (κ3) is 7.23. The number of rotatable bonds is 11. The lowest BCUT2D eigenvalue weighted by molar-refractivity contribution is -0.139. The molecule has 38 heavy (non-hydrogen) atoms. The van der Waals surface area contributed by atoms with E-state index >= 15 is 0 Å². The summed E-state index contributed by atoms with van der Waals surface area (Å²) in [5.74, 6) is -0.777. The molecule has 0 radical (unpaired) electrons. The van der Waals surface area contributed by atoms with Crippen molar-refractivity contribution in [2.75, 3.05) is 10.8 Å². The van der Waals surface area contributed by atoms with Crippen LogP contribution in [0.4, 0.5) is 5.69 Å². The molecule has 2 atom stereocenters. The average Bonchev–Trinajstić information content (AvgIpc) is 2.91. The summed E-state index contributed by atoms with van der Waals surface area (Å²) in [6.45, 7) is 7.02. The largest absolute Gasteiger partial charge is 0.352 e. The molecule has 2 amide bonds. The minimum atomic E-state index is -4.07. The molecule has 0 aliphatic carbocycles. The number of carbonyl (C=O) groups is 2. The van der Waals surface area contributed by atoms with Crippen LogP contribution in [0, 0.1) is 6.92 Å². The average molecular weight is 601 g/mol. The fourth-order valence-corrected chi connectivity index (χ4v) is 5.68. The number of anilines is 1. The Morgan fingerprint density at radius 2 is 1.53 bits per heavy atom. The second-order valence-electron chi connectivity index (χ2n) is 9.25. The van der Waals surface area contributed by atoms with Crippen molar-refractivity contribution in [3.05, 3.63) is 94.5 Å². The summed E-state index contributed by atoms with van der Waals surface area (Å²) in [6.07, 6.45) is 0.746. The molecule has 0 heterocycles. The topological polar surface area (TPSA) is 86.8 Å². The molecule has 0 saturated heterocycles. The lowest BCUT2D eigenvalue weighted by atomic mass is 10.1. The Morgan fingerprint density at radius 3 is 2.13 bits per heavy atom. The normalized spacial score (nSPS) is 12.9. The van der Waals surface area contributed by atoms with Crippen LogP contribution in [0.15, 0.2) is 88.2 Å². The Balaban J connectivity index is 2.02. The highest BCUT2D eigenvalue weighted by molar-refractivity contribution is 9.10. The SMILES string of the molecule is CC[C@@H](C)NC(=O)[C@H](C)N(Cc1ccc(Br)cc1)C(=O)CN(c1ccccc1C)S(=O)(=O)c1ccccc1. The zero-order valence-electron chi connectivity index (χ0n) is 22.1. The van der Waals surface area contributed by atoms with E-state index in [9.17, 15) is 18.0 Å². The van der Waals surface area contributed by atoms with E-state index in [1.807, 2.05) is 44.2 Å². The van der Waals surface area contributed by atoms with Crippen molar-refractivity contribution in [3.8, 4) is 0 Å². The molecule has 0 aromatic heterocycles. The number of halogens is 1. The van der Waals surface area contributed by atoms with Gasteiger partial charge in [0.25, 0.3) is 10.0 Å². The van der Waals surface area contributed by atoms with Gasteiger partial charge < -0.3 is 10.2 Å². The molecule has 0 bridgehead atoms.